The monoisotopic (exact) mass is 197 g/mol. The van der Waals surface area contributed by atoms with Gasteiger partial charge in [-0.25, -0.2) is 5.43 Å². The smallest absolute Gasteiger partial charge is 0.243 e. The maximum absolute atomic E-state index is 11.5. The molecule has 0 radical (unpaired) electrons. The van der Waals surface area contributed by atoms with Gasteiger partial charge in [0, 0.05) is 12.1 Å². The van der Waals surface area contributed by atoms with E-state index in [2.05, 4.69) is 15.8 Å². The molecule has 0 saturated carbocycles. The van der Waals surface area contributed by atoms with E-state index in [0.29, 0.717) is 5.92 Å². The van der Waals surface area contributed by atoms with E-state index < -0.39 is 0 Å². The van der Waals surface area contributed by atoms with Gasteiger partial charge in [-0.3, -0.25) is 4.79 Å². The normalized spacial score (nSPS) is 19.1. The zero-order chi connectivity index (χ0) is 10.4. The predicted octanol–water partition coefficient (Wildman–Crippen LogP) is 0.744. The van der Waals surface area contributed by atoms with E-state index in [1.54, 1.807) is 6.21 Å². The summed E-state index contributed by atoms with van der Waals surface area (Å²) in [5.41, 5.74) is 2.59. The Morgan fingerprint density at radius 3 is 2.71 bits per heavy atom. The van der Waals surface area contributed by atoms with Crippen LogP contribution in [-0.2, 0) is 4.79 Å². The highest BCUT2D eigenvalue weighted by molar-refractivity contribution is 5.79. The molecule has 4 heteroatoms. The van der Waals surface area contributed by atoms with Gasteiger partial charge in [-0.1, -0.05) is 13.8 Å². The van der Waals surface area contributed by atoms with Crippen molar-refractivity contribution in [3.63, 3.8) is 0 Å². The Hall–Kier alpha value is -0.900. The summed E-state index contributed by atoms with van der Waals surface area (Å²) in [5, 5.41) is 7.13. The zero-order valence-electron chi connectivity index (χ0n) is 8.92. The molecular weight excluding hydrogens is 178 g/mol. The molecule has 1 heterocycles. The molecule has 0 atom stereocenters. The van der Waals surface area contributed by atoms with Crippen LogP contribution in [0.25, 0.3) is 0 Å². The van der Waals surface area contributed by atoms with E-state index in [1.807, 2.05) is 13.8 Å². The first kappa shape index (κ1) is 11.2. The second-order valence-electron chi connectivity index (χ2n) is 4.02. The van der Waals surface area contributed by atoms with Crippen LogP contribution in [0.15, 0.2) is 5.10 Å². The van der Waals surface area contributed by atoms with Crippen LogP contribution >= 0.6 is 0 Å². The molecule has 0 bridgehead atoms. The maximum atomic E-state index is 11.5. The van der Waals surface area contributed by atoms with Crippen LogP contribution in [0.3, 0.4) is 0 Å². The van der Waals surface area contributed by atoms with Crippen molar-refractivity contribution in [2.45, 2.75) is 26.7 Å². The standard InChI is InChI=1S/C10H19N3O/c1-8(2)7-12-13-10(14)9-3-5-11-6-4-9/h7-9,11H,3-6H2,1-2H3,(H,13,14)/b12-7+. The third kappa shape index (κ3) is 3.87. The fraction of sp³-hybridized carbons (Fsp3) is 0.800. The number of piperidine rings is 1. The molecule has 0 aromatic rings. The number of carbonyl (C=O) groups excluding carboxylic acids is 1. The van der Waals surface area contributed by atoms with E-state index in [-0.39, 0.29) is 11.8 Å². The number of hydrogen-bond acceptors (Lipinski definition) is 3. The van der Waals surface area contributed by atoms with Crippen molar-refractivity contribution in [1.29, 1.82) is 0 Å². The molecule has 0 unspecified atom stereocenters. The summed E-state index contributed by atoms with van der Waals surface area (Å²) < 4.78 is 0. The minimum Gasteiger partial charge on any atom is -0.317 e. The minimum atomic E-state index is 0.0587. The fourth-order valence-electron chi connectivity index (χ4n) is 1.43. The van der Waals surface area contributed by atoms with Gasteiger partial charge in [-0.05, 0) is 31.8 Å². The first-order valence-corrected chi connectivity index (χ1v) is 5.24. The number of hydrazone groups is 1. The number of hydrogen-bond donors (Lipinski definition) is 2. The summed E-state index contributed by atoms with van der Waals surface area (Å²) in [6, 6.07) is 0. The van der Waals surface area contributed by atoms with Crippen LogP contribution in [-0.4, -0.2) is 25.2 Å². The molecular formula is C10H19N3O. The third-order valence-corrected chi connectivity index (χ3v) is 2.26. The minimum absolute atomic E-state index is 0.0587. The summed E-state index contributed by atoms with van der Waals surface area (Å²) in [7, 11) is 0. The Kier molecular flexibility index (Phi) is 4.59. The van der Waals surface area contributed by atoms with E-state index in [4.69, 9.17) is 0 Å². The molecule has 1 amide bonds. The van der Waals surface area contributed by atoms with Gasteiger partial charge in [-0.15, -0.1) is 0 Å². The van der Waals surface area contributed by atoms with Gasteiger partial charge < -0.3 is 5.32 Å². The van der Waals surface area contributed by atoms with Gasteiger partial charge in [0.2, 0.25) is 5.91 Å². The second kappa shape index (κ2) is 5.75. The van der Waals surface area contributed by atoms with Gasteiger partial charge in [0.15, 0.2) is 0 Å². The summed E-state index contributed by atoms with van der Waals surface area (Å²) in [4.78, 5) is 11.5. The average molecular weight is 197 g/mol. The summed E-state index contributed by atoms with van der Waals surface area (Å²) in [6.07, 6.45) is 3.59. The van der Waals surface area contributed by atoms with Gasteiger partial charge in [-0.2, -0.15) is 5.10 Å². The summed E-state index contributed by atoms with van der Waals surface area (Å²) in [6.45, 7) is 5.93. The summed E-state index contributed by atoms with van der Waals surface area (Å²) >= 11 is 0. The van der Waals surface area contributed by atoms with Crippen molar-refractivity contribution >= 4 is 12.1 Å². The van der Waals surface area contributed by atoms with Crippen molar-refractivity contribution in [1.82, 2.24) is 10.7 Å². The molecule has 14 heavy (non-hydrogen) atoms. The molecule has 1 saturated heterocycles. The van der Waals surface area contributed by atoms with E-state index >= 15 is 0 Å². The largest absolute Gasteiger partial charge is 0.317 e. The quantitative estimate of drug-likeness (QED) is 0.518. The van der Waals surface area contributed by atoms with E-state index in [0.717, 1.165) is 25.9 Å². The Balaban J connectivity index is 2.26. The zero-order valence-corrected chi connectivity index (χ0v) is 8.92. The lowest BCUT2D eigenvalue weighted by atomic mass is 9.98. The molecule has 2 N–H and O–H groups in total. The van der Waals surface area contributed by atoms with Crippen molar-refractivity contribution in [2.24, 2.45) is 16.9 Å². The Bertz CT molecular complexity index is 207. The Morgan fingerprint density at radius 1 is 1.50 bits per heavy atom. The maximum Gasteiger partial charge on any atom is 0.243 e. The number of nitrogens with zero attached hydrogens (tertiary/aromatic N) is 1. The number of amides is 1. The number of rotatable bonds is 3. The topological polar surface area (TPSA) is 53.5 Å². The Labute approximate surface area is 85.1 Å². The van der Waals surface area contributed by atoms with Crippen molar-refractivity contribution < 1.29 is 4.79 Å². The number of nitrogens with one attached hydrogen (secondary N) is 2. The molecule has 1 fully saturated rings. The highest BCUT2D eigenvalue weighted by Crippen LogP contribution is 2.10. The molecule has 0 spiro atoms. The van der Waals surface area contributed by atoms with Crippen LogP contribution in [0.1, 0.15) is 26.7 Å². The number of carbonyl (C=O) groups is 1. The molecule has 4 nitrogen and oxygen atoms in total. The first-order chi connectivity index (χ1) is 6.70. The van der Waals surface area contributed by atoms with E-state index in [1.165, 1.54) is 0 Å². The van der Waals surface area contributed by atoms with Crippen molar-refractivity contribution in [3.05, 3.63) is 0 Å². The lowest BCUT2D eigenvalue weighted by Crippen LogP contribution is -2.36. The van der Waals surface area contributed by atoms with Gasteiger partial charge >= 0.3 is 0 Å². The molecule has 1 rings (SSSR count). The van der Waals surface area contributed by atoms with Crippen LogP contribution in [0, 0.1) is 11.8 Å². The first-order valence-electron chi connectivity index (χ1n) is 5.24. The molecule has 80 valence electrons. The second-order valence-corrected chi connectivity index (χ2v) is 4.02. The molecule has 1 aliphatic heterocycles. The highest BCUT2D eigenvalue weighted by atomic mass is 16.2. The van der Waals surface area contributed by atoms with Crippen LogP contribution in [0.5, 0.6) is 0 Å². The lowest BCUT2D eigenvalue weighted by Gasteiger charge is -2.20. The molecule has 0 aromatic heterocycles. The Morgan fingerprint density at radius 2 is 2.14 bits per heavy atom. The highest BCUT2D eigenvalue weighted by Gasteiger charge is 2.19. The SMILES string of the molecule is CC(C)/C=N/NC(=O)C1CCNCC1. The summed E-state index contributed by atoms with van der Waals surface area (Å²) in [5.74, 6) is 0.576. The van der Waals surface area contributed by atoms with Crippen molar-refractivity contribution in [3.8, 4) is 0 Å². The van der Waals surface area contributed by atoms with Crippen LogP contribution in [0.4, 0.5) is 0 Å². The van der Waals surface area contributed by atoms with Gasteiger partial charge in [0.1, 0.15) is 0 Å². The van der Waals surface area contributed by atoms with Crippen molar-refractivity contribution in [2.75, 3.05) is 13.1 Å². The molecule has 0 aliphatic carbocycles. The lowest BCUT2D eigenvalue weighted by molar-refractivity contribution is -0.125. The van der Waals surface area contributed by atoms with Crippen LogP contribution < -0.4 is 10.7 Å². The fourth-order valence-corrected chi connectivity index (χ4v) is 1.43. The average Bonchev–Trinajstić information content (AvgIpc) is 2.18. The van der Waals surface area contributed by atoms with Crippen LogP contribution in [0.2, 0.25) is 0 Å². The molecule has 1 aliphatic rings. The van der Waals surface area contributed by atoms with E-state index in [9.17, 15) is 4.79 Å². The van der Waals surface area contributed by atoms with Gasteiger partial charge in [0.05, 0.1) is 0 Å². The third-order valence-electron chi connectivity index (χ3n) is 2.26. The van der Waals surface area contributed by atoms with Gasteiger partial charge in [0.25, 0.3) is 0 Å². The predicted molar refractivity (Wildman–Crippen MR) is 57.1 cm³/mol. The molecule has 0 aromatic carbocycles.